The number of rotatable bonds is 3. The molecule has 24 heavy (non-hydrogen) atoms. The Labute approximate surface area is 139 Å². The minimum atomic E-state index is -0.432. The second-order valence-electron chi connectivity index (χ2n) is 5.52. The molecule has 1 aliphatic heterocycles. The topological polar surface area (TPSA) is 64.1 Å². The molecule has 2 atom stereocenters. The average Bonchev–Trinajstić information content (AvgIpc) is 3.05. The standard InChI is InChI=1S/C19H15N3O2/c23-19-22-17(18(24-19)13-7-2-1-3-8-13)16-11-6-10-15(21-16)14-9-4-5-12-20-14/h1-12,17-18H,(H,22,23)/t17-,18-/m1/s1. The highest BCUT2D eigenvalue weighted by atomic mass is 16.6. The van der Waals surface area contributed by atoms with Gasteiger partial charge in [-0.15, -0.1) is 0 Å². The number of benzene rings is 1. The zero-order valence-corrected chi connectivity index (χ0v) is 12.8. The number of alkyl carbamates (subject to hydrolysis) is 1. The molecule has 0 spiro atoms. The van der Waals surface area contributed by atoms with Gasteiger partial charge in [0.25, 0.3) is 0 Å². The van der Waals surface area contributed by atoms with Gasteiger partial charge in [-0.2, -0.15) is 0 Å². The lowest BCUT2D eigenvalue weighted by atomic mass is 10.00. The van der Waals surface area contributed by atoms with Crippen molar-refractivity contribution in [1.29, 1.82) is 0 Å². The molecule has 1 saturated heterocycles. The molecule has 2 aromatic heterocycles. The number of nitrogens with one attached hydrogen (secondary N) is 1. The van der Waals surface area contributed by atoms with E-state index in [-0.39, 0.29) is 6.04 Å². The Bertz CT molecular complexity index is 853. The Morgan fingerprint density at radius 1 is 0.875 bits per heavy atom. The molecular weight excluding hydrogens is 302 g/mol. The number of amides is 1. The van der Waals surface area contributed by atoms with E-state index < -0.39 is 12.2 Å². The molecule has 1 amide bonds. The molecule has 3 aromatic rings. The van der Waals surface area contributed by atoms with Crippen molar-refractivity contribution in [2.24, 2.45) is 0 Å². The van der Waals surface area contributed by atoms with E-state index in [1.807, 2.05) is 66.7 Å². The molecule has 118 valence electrons. The van der Waals surface area contributed by atoms with Crippen LogP contribution in [0.4, 0.5) is 4.79 Å². The van der Waals surface area contributed by atoms with Gasteiger partial charge in [0.05, 0.1) is 17.1 Å². The quantitative estimate of drug-likeness (QED) is 0.800. The van der Waals surface area contributed by atoms with Crippen molar-refractivity contribution in [2.45, 2.75) is 12.1 Å². The van der Waals surface area contributed by atoms with Crippen LogP contribution in [0.3, 0.4) is 0 Å². The van der Waals surface area contributed by atoms with Gasteiger partial charge in [-0.25, -0.2) is 9.78 Å². The number of ether oxygens (including phenoxy) is 1. The molecule has 1 N–H and O–H groups in total. The zero-order chi connectivity index (χ0) is 16.4. The van der Waals surface area contributed by atoms with E-state index in [1.165, 1.54) is 0 Å². The summed E-state index contributed by atoms with van der Waals surface area (Å²) in [6, 6.07) is 20.7. The summed E-state index contributed by atoms with van der Waals surface area (Å²) in [5.41, 5.74) is 3.24. The van der Waals surface area contributed by atoms with Gasteiger partial charge < -0.3 is 10.1 Å². The zero-order valence-electron chi connectivity index (χ0n) is 12.8. The van der Waals surface area contributed by atoms with Crippen LogP contribution in [0.5, 0.6) is 0 Å². The van der Waals surface area contributed by atoms with Crippen LogP contribution in [0, 0.1) is 0 Å². The van der Waals surface area contributed by atoms with Crippen LogP contribution in [-0.4, -0.2) is 16.1 Å². The molecule has 0 bridgehead atoms. The van der Waals surface area contributed by atoms with Crippen LogP contribution < -0.4 is 5.32 Å². The SMILES string of the molecule is O=C1N[C@H](c2cccc(-c3ccccn3)n2)[C@@H](c2ccccc2)O1. The first-order chi connectivity index (χ1) is 11.8. The number of carbonyl (C=O) groups is 1. The third kappa shape index (κ3) is 2.72. The van der Waals surface area contributed by atoms with Crippen molar-refractivity contribution in [3.05, 3.63) is 84.2 Å². The largest absolute Gasteiger partial charge is 0.439 e. The molecule has 1 fully saturated rings. The van der Waals surface area contributed by atoms with E-state index in [0.717, 1.165) is 22.6 Å². The molecule has 4 rings (SSSR count). The lowest BCUT2D eigenvalue weighted by molar-refractivity contribution is 0.132. The van der Waals surface area contributed by atoms with Gasteiger partial charge in [0.1, 0.15) is 6.04 Å². The highest BCUT2D eigenvalue weighted by Gasteiger charge is 2.37. The smallest absolute Gasteiger partial charge is 0.408 e. The van der Waals surface area contributed by atoms with E-state index in [4.69, 9.17) is 4.74 Å². The van der Waals surface area contributed by atoms with Gasteiger partial charge in [0.2, 0.25) is 0 Å². The Hall–Kier alpha value is -3.21. The Morgan fingerprint density at radius 3 is 2.46 bits per heavy atom. The van der Waals surface area contributed by atoms with Gasteiger partial charge >= 0.3 is 6.09 Å². The summed E-state index contributed by atoms with van der Waals surface area (Å²) in [5, 5.41) is 2.85. The summed E-state index contributed by atoms with van der Waals surface area (Å²) in [4.78, 5) is 20.8. The highest BCUT2D eigenvalue weighted by Crippen LogP contribution is 2.36. The van der Waals surface area contributed by atoms with Crippen LogP contribution in [0.2, 0.25) is 0 Å². The third-order valence-corrected chi connectivity index (χ3v) is 3.95. The van der Waals surface area contributed by atoms with Crippen LogP contribution in [0.1, 0.15) is 23.4 Å². The fourth-order valence-corrected chi connectivity index (χ4v) is 2.83. The van der Waals surface area contributed by atoms with Gasteiger partial charge in [-0.3, -0.25) is 4.98 Å². The minimum absolute atomic E-state index is 0.330. The second kappa shape index (κ2) is 6.12. The molecule has 0 saturated carbocycles. The number of carbonyl (C=O) groups excluding carboxylic acids is 1. The van der Waals surface area contributed by atoms with Crippen molar-refractivity contribution < 1.29 is 9.53 Å². The van der Waals surface area contributed by atoms with Crippen LogP contribution in [0.15, 0.2) is 72.9 Å². The molecule has 5 heteroatoms. The first kappa shape index (κ1) is 14.4. The Balaban J connectivity index is 1.71. The molecule has 3 heterocycles. The molecule has 1 aromatic carbocycles. The lowest BCUT2D eigenvalue weighted by Gasteiger charge is -2.17. The molecule has 0 radical (unpaired) electrons. The molecule has 1 aliphatic rings. The number of cyclic esters (lactones) is 1. The van der Waals surface area contributed by atoms with E-state index in [1.54, 1.807) is 6.20 Å². The van der Waals surface area contributed by atoms with Crippen molar-refractivity contribution in [3.8, 4) is 11.4 Å². The maximum atomic E-state index is 11.8. The van der Waals surface area contributed by atoms with Crippen molar-refractivity contribution in [3.63, 3.8) is 0 Å². The number of nitrogens with zero attached hydrogens (tertiary/aromatic N) is 2. The van der Waals surface area contributed by atoms with Gasteiger partial charge in [-0.05, 0) is 29.8 Å². The fourth-order valence-electron chi connectivity index (χ4n) is 2.83. The normalized spacial score (nSPS) is 19.6. The second-order valence-corrected chi connectivity index (χ2v) is 5.52. The lowest BCUT2D eigenvalue weighted by Crippen LogP contribution is -2.20. The Kier molecular flexibility index (Phi) is 3.67. The summed E-state index contributed by atoms with van der Waals surface area (Å²) < 4.78 is 5.45. The van der Waals surface area contributed by atoms with Gasteiger partial charge in [-0.1, -0.05) is 42.5 Å². The van der Waals surface area contributed by atoms with Crippen molar-refractivity contribution in [2.75, 3.05) is 0 Å². The molecule has 5 nitrogen and oxygen atoms in total. The average molecular weight is 317 g/mol. The van der Waals surface area contributed by atoms with Crippen LogP contribution >= 0.6 is 0 Å². The summed E-state index contributed by atoms with van der Waals surface area (Å²) in [6.07, 6.45) is 0.903. The monoisotopic (exact) mass is 317 g/mol. The molecule has 0 aliphatic carbocycles. The first-order valence-electron chi connectivity index (χ1n) is 7.72. The number of hydrogen-bond donors (Lipinski definition) is 1. The third-order valence-electron chi connectivity index (χ3n) is 3.95. The maximum absolute atomic E-state index is 11.8. The van der Waals surface area contributed by atoms with Crippen LogP contribution in [-0.2, 0) is 4.74 Å². The fraction of sp³-hybridized carbons (Fsp3) is 0.105. The van der Waals surface area contributed by atoms with E-state index in [0.29, 0.717) is 0 Å². The summed E-state index contributed by atoms with van der Waals surface area (Å²) in [7, 11) is 0. The number of pyridine rings is 2. The summed E-state index contributed by atoms with van der Waals surface area (Å²) in [6.45, 7) is 0. The van der Waals surface area contributed by atoms with E-state index in [2.05, 4.69) is 15.3 Å². The number of aromatic nitrogens is 2. The minimum Gasteiger partial charge on any atom is -0.439 e. The number of hydrogen-bond acceptors (Lipinski definition) is 4. The van der Waals surface area contributed by atoms with Gasteiger partial charge in [0, 0.05) is 6.20 Å². The predicted molar refractivity (Wildman–Crippen MR) is 89.0 cm³/mol. The van der Waals surface area contributed by atoms with Gasteiger partial charge in [0.15, 0.2) is 6.10 Å². The first-order valence-corrected chi connectivity index (χ1v) is 7.72. The van der Waals surface area contributed by atoms with Crippen molar-refractivity contribution >= 4 is 6.09 Å². The predicted octanol–water partition coefficient (Wildman–Crippen LogP) is 3.67. The molecule has 0 unspecified atom stereocenters. The van der Waals surface area contributed by atoms with Crippen LogP contribution in [0.25, 0.3) is 11.4 Å². The highest BCUT2D eigenvalue weighted by molar-refractivity contribution is 5.71. The van der Waals surface area contributed by atoms with Crippen molar-refractivity contribution in [1.82, 2.24) is 15.3 Å². The Morgan fingerprint density at radius 2 is 1.67 bits per heavy atom. The van der Waals surface area contributed by atoms with E-state index in [9.17, 15) is 4.79 Å². The maximum Gasteiger partial charge on any atom is 0.408 e. The molecular formula is C19H15N3O2. The summed E-state index contributed by atoms with van der Waals surface area (Å²) in [5.74, 6) is 0. The summed E-state index contributed by atoms with van der Waals surface area (Å²) >= 11 is 0. The van der Waals surface area contributed by atoms with E-state index >= 15 is 0 Å².